The minimum atomic E-state index is -0.241. The van der Waals surface area contributed by atoms with Crippen LogP contribution in [-0.2, 0) is 11.3 Å². The Morgan fingerprint density at radius 1 is 1.04 bits per heavy atom. The second-order valence-electron chi connectivity index (χ2n) is 8.34. The lowest BCUT2D eigenvalue weighted by molar-refractivity contribution is 0.158. The van der Waals surface area contributed by atoms with Gasteiger partial charge in [-0.15, -0.1) is 0 Å². The molecule has 25 heavy (non-hydrogen) atoms. The van der Waals surface area contributed by atoms with E-state index in [9.17, 15) is 4.79 Å². The Kier molecular flexibility index (Phi) is 3.54. The summed E-state index contributed by atoms with van der Waals surface area (Å²) in [7, 11) is 0. The van der Waals surface area contributed by atoms with E-state index in [1.807, 2.05) is 6.07 Å². The highest BCUT2D eigenvalue weighted by molar-refractivity contribution is 5.81. The van der Waals surface area contributed by atoms with Crippen LogP contribution in [0.25, 0.3) is 11.0 Å². The molecule has 0 spiro atoms. The molecule has 0 amide bonds. The molecule has 1 aliphatic carbocycles. The van der Waals surface area contributed by atoms with Crippen molar-refractivity contribution < 1.29 is 9.15 Å². The molecular formula is C21H25NO3. The summed E-state index contributed by atoms with van der Waals surface area (Å²) in [5.41, 5.74) is 3.99. The maximum absolute atomic E-state index is 12.0. The Morgan fingerprint density at radius 3 is 2.76 bits per heavy atom. The third-order valence-electron chi connectivity index (χ3n) is 6.81. The summed E-state index contributed by atoms with van der Waals surface area (Å²) in [4.78, 5) is 14.6. The maximum atomic E-state index is 12.0. The lowest BCUT2D eigenvalue weighted by Crippen LogP contribution is -2.25. The van der Waals surface area contributed by atoms with Crippen LogP contribution < -0.4 is 5.63 Å². The molecule has 3 heterocycles. The molecule has 0 radical (unpaired) electrons. The van der Waals surface area contributed by atoms with Crippen molar-refractivity contribution in [1.82, 2.24) is 4.90 Å². The highest BCUT2D eigenvalue weighted by atomic mass is 16.5. The number of fused-ring (bicyclic) bond motifs is 4. The molecule has 1 aromatic carbocycles. The third-order valence-corrected chi connectivity index (χ3v) is 6.81. The molecule has 4 atom stereocenters. The summed E-state index contributed by atoms with van der Waals surface area (Å²) < 4.78 is 11.1. The van der Waals surface area contributed by atoms with Gasteiger partial charge < -0.3 is 9.15 Å². The highest BCUT2D eigenvalue weighted by Crippen LogP contribution is 2.48. The first-order chi connectivity index (χ1) is 12.1. The van der Waals surface area contributed by atoms with E-state index in [2.05, 4.69) is 24.8 Å². The summed E-state index contributed by atoms with van der Waals surface area (Å²) in [5, 5.41) is 1.09. The molecule has 4 heteroatoms. The summed E-state index contributed by atoms with van der Waals surface area (Å²) in [5.74, 6) is 3.15. The van der Waals surface area contributed by atoms with Gasteiger partial charge >= 0.3 is 5.63 Å². The van der Waals surface area contributed by atoms with Crippen molar-refractivity contribution in [3.05, 3.63) is 45.3 Å². The van der Waals surface area contributed by atoms with Crippen LogP contribution in [0.15, 0.2) is 27.4 Å². The quantitative estimate of drug-likeness (QED) is 0.789. The molecule has 0 bridgehead atoms. The van der Waals surface area contributed by atoms with E-state index in [4.69, 9.17) is 9.15 Å². The fourth-order valence-electron chi connectivity index (χ4n) is 5.43. The number of likely N-dealkylation sites (tertiary alicyclic amines) is 1. The zero-order valence-electron chi connectivity index (χ0n) is 15.0. The molecule has 5 rings (SSSR count). The van der Waals surface area contributed by atoms with Crippen LogP contribution >= 0.6 is 0 Å². The normalized spacial score (nSPS) is 31.6. The topological polar surface area (TPSA) is 42.7 Å². The molecule has 1 aromatic heterocycles. The molecule has 0 unspecified atom stereocenters. The number of hydrogen-bond donors (Lipinski definition) is 0. The van der Waals surface area contributed by atoms with E-state index in [1.54, 1.807) is 6.07 Å². The van der Waals surface area contributed by atoms with Crippen molar-refractivity contribution in [2.45, 2.75) is 26.8 Å². The summed E-state index contributed by atoms with van der Waals surface area (Å²) in [6.45, 7) is 9.24. The Hall–Kier alpha value is -1.65. The van der Waals surface area contributed by atoms with Crippen molar-refractivity contribution in [2.75, 3.05) is 26.3 Å². The number of hydrogen-bond acceptors (Lipinski definition) is 4. The lowest BCUT2D eigenvalue weighted by Gasteiger charge is -2.20. The lowest BCUT2D eigenvalue weighted by atomic mass is 9.91. The van der Waals surface area contributed by atoms with Gasteiger partial charge in [0.25, 0.3) is 0 Å². The minimum absolute atomic E-state index is 0.241. The highest BCUT2D eigenvalue weighted by Gasteiger charge is 2.49. The molecular weight excluding hydrogens is 314 g/mol. The molecule has 4 nitrogen and oxygen atoms in total. The van der Waals surface area contributed by atoms with Crippen molar-refractivity contribution >= 4 is 11.0 Å². The fourth-order valence-corrected chi connectivity index (χ4v) is 5.43. The van der Waals surface area contributed by atoms with Gasteiger partial charge in [0.1, 0.15) is 5.58 Å². The van der Waals surface area contributed by atoms with E-state index in [0.717, 1.165) is 73.0 Å². The van der Waals surface area contributed by atoms with Crippen molar-refractivity contribution in [1.29, 1.82) is 0 Å². The van der Waals surface area contributed by atoms with Crippen LogP contribution in [0.3, 0.4) is 0 Å². The zero-order chi connectivity index (χ0) is 17.1. The van der Waals surface area contributed by atoms with Gasteiger partial charge in [0.15, 0.2) is 0 Å². The molecule has 3 fully saturated rings. The third kappa shape index (κ3) is 2.54. The van der Waals surface area contributed by atoms with E-state index in [-0.39, 0.29) is 5.63 Å². The molecule has 2 saturated heterocycles. The Labute approximate surface area is 147 Å². The first-order valence-electron chi connectivity index (χ1n) is 9.42. The monoisotopic (exact) mass is 339 g/mol. The molecule has 0 N–H and O–H groups in total. The van der Waals surface area contributed by atoms with E-state index >= 15 is 0 Å². The Bertz CT molecular complexity index is 887. The maximum Gasteiger partial charge on any atom is 0.336 e. The standard InChI is InChI=1S/C21H25NO3/c1-12-3-17-15(6-21(23)25-20(17)4-13(12)2)8-22-7-14-5-16-10-24-11-19(16)18(14)9-22/h3-4,6,14,16,18-19H,5,7-11H2,1-2H3/t14-,16+,18+,19-/m0/s1. The first-order valence-corrected chi connectivity index (χ1v) is 9.42. The van der Waals surface area contributed by atoms with E-state index in [0.29, 0.717) is 5.58 Å². The first kappa shape index (κ1) is 15.6. The fraction of sp³-hybridized carbons (Fsp3) is 0.571. The van der Waals surface area contributed by atoms with Gasteiger partial charge in [-0.2, -0.15) is 0 Å². The SMILES string of the molecule is Cc1cc2oc(=O)cc(CN3C[C@@H]4C[C@@H]5COC[C@@H]5[C@@H]4C3)c2cc1C. The van der Waals surface area contributed by atoms with Gasteiger partial charge in [-0.25, -0.2) is 4.79 Å². The molecule has 2 aliphatic heterocycles. The van der Waals surface area contributed by atoms with Crippen molar-refractivity contribution in [3.8, 4) is 0 Å². The second-order valence-corrected chi connectivity index (χ2v) is 8.34. The van der Waals surface area contributed by atoms with Gasteiger partial charge in [0.2, 0.25) is 0 Å². The number of benzene rings is 1. The number of ether oxygens (including phenoxy) is 1. The number of nitrogens with zero attached hydrogens (tertiary/aromatic N) is 1. The van der Waals surface area contributed by atoms with E-state index in [1.165, 1.54) is 12.0 Å². The summed E-state index contributed by atoms with van der Waals surface area (Å²) in [6, 6.07) is 5.85. The molecule has 2 aromatic rings. The second kappa shape index (κ2) is 5.68. The van der Waals surface area contributed by atoms with Crippen LogP contribution in [0.1, 0.15) is 23.1 Å². The molecule has 3 aliphatic rings. The van der Waals surface area contributed by atoms with E-state index < -0.39 is 0 Å². The average Bonchev–Trinajstić information content (AvgIpc) is 3.21. The minimum Gasteiger partial charge on any atom is -0.423 e. The van der Waals surface area contributed by atoms with Gasteiger partial charge in [0.05, 0.1) is 6.61 Å². The van der Waals surface area contributed by atoms with Gasteiger partial charge in [0, 0.05) is 37.7 Å². The smallest absolute Gasteiger partial charge is 0.336 e. The van der Waals surface area contributed by atoms with Gasteiger partial charge in [-0.3, -0.25) is 4.90 Å². The predicted octanol–water partition coefficient (Wildman–Crippen LogP) is 3.12. The zero-order valence-corrected chi connectivity index (χ0v) is 15.0. The number of rotatable bonds is 2. The van der Waals surface area contributed by atoms with Gasteiger partial charge in [-0.05, 0) is 72.8 Å². The van der Waals surface area contributed by atoms with Crippen LogP contribution in [0, 0.1) is 37.5 Å². The Balaban J connectivity index is 1.43. The van der Waals surface area contributed by atoms with Crippen LogP contribution in [0.5, 0.6) is 0 Å². The Morgan fingerprint density at radius 2 is 1.88 bits per heavy atom. The summed E-state index contributed by atoms with van der Waals surface area (Å²) >= 11 is 0. The molecule has 1 saturated carbocycles. The van der Waals surface area contributed by atoms with Crippen LogP contribution in [0.4, 0.5) is 0 Å². The largest absolute Gasteiger partial charge is 0.423 e. The van der Waals surface area contributed by atoms with Gasteiger partial charge in [-0.1, -0.05) is 0 Å². The van der Waals surface area contributed by atoms with Crippen molar-refractivity contribution in [3.63, 3.8) is 0 Å². The van der Waals surface area contributed by atoms with Crippen LogP contribution in [0.2, 0.25) is 0 Å². The van der Waals surface area contributed by atoms with Crippen LogP contribution in [-0.4, -0.2) is 31.2 Å². The van der Waals surface area contributed by atoms with Crippen molar-refractivity contribution in [2.24, 2.45) is 23.7 Å². The summed E-state index contributed by atoms with van der Waals surface area (Å²) in [6.07, 6.45) is 1.32. The number of aryl methyl sites for hydroxylation is 2. The average molecular weight is 339 g/mol. The molecule has 132 valence electrons. The predicted molar refractivity (Wildman–Crippen MR) is 96.6 cm³/mol.